The first-order valence-corrected chi connectivity index (χ1v) is 14.6. The van der Waals surface area contributed by atoms with Crippen LogP contribution in [0.2, 0.25) is 25.7 Å². The number of esters is 1. The number of hydrogen-bond acceptors (Lipinski definition) is 2. The third-order valence-corrected chi connectivity index (χ3v) is 5.55. The van der Waals surface area contributed by atoms with Crippen LogP contribution in [0.5, 0.6) is 0 Å². The van der Waals surface area contributed by atoms with E-state index in [1.807, 2.05) is 13.0 Å². The Morgan fingerprint density at radius 3 is 2.17 bits per heavy atom. The molecule has 0 atom stereocenters. The molecule has 4 heteroatoms. The molecule has 0 aliphatic heterocycles. The minimum Gasteiger partial charge on any atom is -0.466 e. The minimum absolute atomic E-state index is 0.0514. The van der Waals surface area contributed by atoms with Gasteiger partial charge < -0.3 is 4.74 Å². The maximum absolute atomic E-state index is 13.9. The second kappa shape index (κ2) is 16.2. The fourth-order valence-corrected chi connectivity index (χ4v) is 3.21. The average Bonchev–Trinajstić information content (AvgIpc) is 2.62. The number of unbranched alkanes of at least 4 members (excludes halogenated alkanes) is 1. The van der Waals surface area contributed by atoms with Gasteiger partial charge in [0.1, 0.15) is 0 Å². The molecule has 0 aromatic carbocycles. The van der Waals surface area contributed by atoms with E-state index in [0.717, 1.165) is 37.3 Å². The molecule has 29 heavy (non-hydrogen) atoms. The van der Waals surface area contributed by atoms with Gasteiger partial charge in [-0.05, 0) is 52.9 Å². The van der Waals surface area contributed by atoms with Crippen molar-refractivity contribution in [1.29, 1.82) is 0 Å². The highest BCUT2D eigenvalue weighted by Crippen LogP contribution is 2.15. The summed E-state index contributed by atoms with van der Waals surface area (Å²) in [6.07, 6.45) is 11.6. The molecule has 0 aromatic heterocycles. The Morgan fingerprint density at radius 2 is 1.52 bits per heavy atom. The van der Waals surface area contributed by atoms with Crippen LogP contribution in [0.1, 0.15) is 72.1 Å². The van der Waals surface area contributed by atoms with Crippen molar-refractivity contribution in [3.8, 4) is 11.8 Å². The van der Waals surface area contributed by atoms with Gasteiger partial charge in [-0.3, -0.25) is 4.79 Å². The van der Waals surface area contributed by atoms with Crippen molar-refractivity contribution in [3.05, 3.63) is 35.2 Å². The summed E-state index contributed by atoms with van der Waals surface area (Å²) in [6, 6.07) is 1.07. The third kappa shape index (κ3) is 19.5. The van der Waals surface area contributed by atoms with Crippen LogP contribution in [0.25, 0.3) is 0 Å². The number of carbonyl (C=O) groups excluding carboxylic acids is 1. The van der Waals surface area contributed by atoms with Crippen LogP contribution in [-0.4, -0.2) is 20.7 Å². The second-order valence-electron chi connectivity index (χ2n) is 8.76. The molecular formula is C25H41FO2Si. The highest BCUT2D eigenvalue weighted by Gasteiger charge is 2.09. The Hall–Kier alpha value is -1.60. The molecular weight excluding hydrogens is 379 g/mol. The van der Waals surface area contributed by atoms with E-state index in [2.05, 4.69) is 44.5 Å². The summed E-state index contributed by atoms with van der Waals surface area (Å²) in [5.74, 6) is 6.34. The molecule has 164 valence electrons. The van der Waals surface area contributed by atoms with E-state index >= 15 is 0 Å². The smallest absolute Gasteiger partial charge is 0.306 e. The number of ether oxygens (including phenoxy) is 1. The van der Waals surface area contributed by atoms with E-state index in [0.29, 0.717) is 32.3 Å². The van der Waals surface area contributed by atoms with Gasteiger partial charge in [-0.2, -0.15) is 0 Å². The van der Waals surface area contributed by atoms with E-state index in [4.69, 9.17) is 4.74 Å². The van der Waals surface area contributed by atoms with Crippen LogP contribution >= 0.6 is 0 Å². The maximum Gasteiger partial charge on any atom is 0.306 e. The Balaban J connectivity index is 4.02. The van der Waals surface area contributed by atoms with Crippen molar-refractivity contribution in [3.63, 3.8) is 0 Å². The quantitative estimate of drug-likeness (QED) is 0.100. The molecule has 0 aliphatic rings. The van der Waals surface area contributed by atoms with Gasteiger partial charge >= 0.3 is 5.97 Å². The van der Waals surface area contributed by atoms with Gasteiger partial charge in [-0.15, -0.1) is 11.8 Å². The fourth-order valence-electron chi connectivity index (χ4n) is 2.56. The second-order valence-corrected chi connectivity index (χ2v) is 14.2. The lowest BCUT2D eigenvalue weighted by molar-refractivity contribution is -0.143. The molecule has 0 bridgehead atoms. The zero-order valence-electron chi connectivity index (χ0n) is 19.5. The Kier molecular flexibility index (Phi) is 15.3. The van der Waals surface area contributed by atoms with Crippen LogP contribution in [-0.2, 0) is 9.53 Å². The molecule has 0 N–H and O–H groups in total. The standard InChI is InChI=1S/C25H41FO2Si/c1-7-28-25(27)20-19-23(3)16-13-18-24(26)17-12-15-22(2)14-10-8-9-11-21-29(4,5)6/h14,16-17H,7-8,10,12-13,15,18-21H2,1-6H3/b22-14+,23-16+,24-17-. The summed E-state index contributed by atoms with van der Waals surface area (Å²) in [4.78, 5) is 11.3. The van der Waals surface area contributed by atoms with Gasteiger partial charge in [0.15, 0.2) is 0 Å². The van der Waals surface area contributed by atoms with E-state index in [1.54, 1.807) is 13.0 Å². The fraction of sp³-hybridized carbons (Fsp3) is 0.640. The molecule has 0 aromatic rings. The van der Waals surface area contributed by atoms with E-state index in [-0.39, 0.29) is 11.8 Å². The first kappa shape index (κ1) is 27.4. The third-order valence-electron chi connectivity index (χ3n) is 4.32. The van der Waals surface area contributed by atoms with Crippen molar-refractivity contribution in [2.75, 3.05) is 6.61 Å². The number of allylic oxidation sites excluding steroid dienone is 6. The van der Waals surface area contributed by atoms with Gasteiger partial charge in [0, 0.05) is 25.3 Å². The van der Waals surface area contributed by atoms with Gasteiger partial charge in [-0.1, -0.05) is 49.0 Å². The molecule has 0 fully saturated rings. The molecule has 2 nitrogen and oxygen atoms in total. The summed E-state index contributed by atoms with van der Waals surface area (Å²) in [5, 5.41) is 0. The Labute approximate surface area is 179 Å². The molecule has 0 spiro atoms. The van der Waals surface area contributed by atoms with Crippen molar-refractivity contribution in [2.45, 2.75) is 97.8 Å². The maximum atomic E-state index is 13.9. The lowest BCUT2D eigenvalue weighted by Crippen LogP contribution is -2.17. The van der Waals surface area contributed by atoms with Crippen LogP contribution in [0.4, 0.5) is 4.39 Å². The van der Waals surface area contributed by atoms with Crippen LogP contribution in [0, 0.1) is 11.8 Å². The summed E-state index contributed by atoms with van der Waals surface area (Å²) in [5.41, 5.74) is 2.41. The molecule has 0 rings (SSSR count). The van der Waals surface area contributed by atoms with Crippen molar-refractivity contribution < 1.29 is 13.9 Å². The zero-order valence-corrected chi connectivity index (χ0v) is 20.5. The van der Waals surface area contributed by atoms with Crippen LogP contribution in [0.3, 0.4) is 0 Å². The number of rotatable bonds is 13. The Bertz CT molecular complexity index is 627. The summed E-state index contributed by atoms with van der Waals surface area (Å²) in [6.45, 7) is 13.3. The lowest BCUT2D eigenvalue weighted by Gasteiger charge is -2.09. The largest absolute Gasteiger partial charge is 0.466 e. The first-order valence-electron chi connectivity index (χ1n) is 10.9. The molecule has 0 radical (unpaired) electrons. The van der Waals surface area contributed by atoms with E-state index in [9.17, 15) is 9.18 Å². The van der Waals surface area contributed by atoms with Gasteiger partial charge in [-0.25, -0.2) is 4.39 Å². The normalized spacial score (nSPS) is 13.1. The number of carbonyl (C=O) groups is 1. The number of halogens is 1. The Morgan fingerprint density at radius 1 is 0.897 bits per heavy atom. The van der Waals surface area contributed by atoms with Gasteiger partial charge in [0.2, 0.25) is 0 Å². The molecule has 0 heterocycles. The number of hydrogen-bond donors (Lipinski definition) is 0. The monoisotopic (exact) mass is 420 g/mol. The molecule has 0 unspecified atom stereocenters. The lowest BCUT2D eigenvalue weighted by atomic mass is 10.1. The average molecular weight is 421 g/mol. The van der Waals surface area contributed by atoms with Crippen molar-refractivity contribution in [1.82, 2.24) is 0 Å². The van der Waals surface area contributed by atoms with Gasteiger partial charge in [0.25, 0.3) is 0 Å². The van der Waals surface area contributed by atoms with Crippen LogP contribution < -0.4 is 0 Å². The van der Waals surface area contributed by atoms with Gasteiger partial charge in [0.05, 0.1) is 20.5 Å². The highest BCUT2D eigenvalue weighted by atomic mass is 28.3. The minimum atomic E-state index is -1.05. The molecule has 0 saturated heterocycles. The predicted octanol–water partition coefficient (Wildman–Crippen LogP) is 7.76. The van der Waals surface area contributed by atoms with Crippen LogP contribution in [0.15, 0.2) is 35.2 Å². The molecule has 0 aliphatic carbocycles. The SMILES string of the molecule is CCOC(=O)CC/C(C)=C/CC/C(F)=C/CC/C(C)=C/CCC#CC[Si](C)(C)C. The topological polar surface area (TPSA) is 26.3 Å². The van der Waals surface area contributed by atoms with Crippen molar-refractivity contribution >= 4 is 14.0 Å². The zero-order chi connectivity index (χ0) is 22.1. The molecule has 0 saturated carbocycles. The highest BCUT2D eigenvalue weighted by molar-refractivity contribution is 6.76. The summed E-state index contributed by atoms with van der Waals surface area (Å²) < 4.78 is 18.8. The van der Waals surface area contributed by atoms with E-state index in [1.165, 1.54) is 5.57 Å². The van der Waals surface area contributed by atoms with Crippen molar-refractivity contribution in [2.24, 2.45) is 0 Å². The summed E-state index contributed by atoms with van der Waals surface area (Å²) in [7, 11) is -1.05. The van der Waals surface area contributed by atoms with E-state index < -0.39 is 8.07 Å². The predicted molar refractivity (Wildman–Crippen MR) is 126 cm³/mol. The molecule has 0 amide bonds. The first-order chi connectivity index (χ1) is 13.6. The summed E-state index contributed by atoms with van der Waals surface area (Å²) >= 11 is 0.